The van der Waals surface area contributed by atoms with Crippen LogP contribution >= 0.6 is 15.9 Å². The second-order valence-electron chi connectivity index (χ2n) is 4.40. The van der Waals surface area contributed by atoms with Gasteiger partial charge in [0.1, 0.15) is 0 Å². The predicted octanol–water partition coefficient (Wildman–Crippen LogP) is 3.53. The molecule has 0 unspecified atom stereocenters. The van der Waals surface area contributed by atoms with E-state index >= 15 is 0 Å². The minimum Gasteiger partial charge on any atom is -0.478 e. The average molecular weight is 298 g/mol. The Hall–Kier alpha value is -1.03. The lowest BCUT2D eigenvalue weighted by atomic mass is 10.2. The molecule has 92 valence electrons. The van der Waals surface area contributed by atoms with E-state index in [4.69, 9.17) is 5.11 Å². The molecule has 1 aliphatic heterocycles. The molecule has 1 N–H and O–H groups in total. The van der Waals surface area contributed by atoms with Crippen LogP contribution in [0.5, 0.6) is 0 Å². The Morgan fingerprint density at radius 3 is 2.35 bits per heavy atom. The lowest BCUT2D eigenvalue weighted by molar-refractivity contribution is 0.0697. The third-order valence-electron chi connectivity index (χ3n) is 3.10. The van der Waals surface area contributed by atoms with Gasteiger partial charge in [-0.1, -0.05) is 28.8 Å². The number of carboxylic acids is 1. The summed E-state index contributed by atoms with van der Waals surface area (Å²) in [5, 5.41) is 9.05. The molecule has 0 spiro atoms. The van der Waals surface area contributed by atoms with E-state index in [0.717, 1.165) is 23.2 Å². The quantitative estimate of drug-likeness (QED) is 0.908. The van der Waals surface area contributed by atoms with Gasteiger partial charge in [-0.25, -0.2) is 4.79 Å². The number of halogens is 1. The average Bonchev–Trinajstić information content (AvgIpc) is 2.56. The van der Waals surface area contributed by atoms with Gasteiger partial charge in [0.2, 0.25) is 0 Å². The van der Waals surface area contributed by atoms with Crippen molar-refractivity contribution in [2.45, 2.75) is 25.7 Å². The second-order valence-corrected chi connectivity index (χ2v) is 5.32. The van der Waals surface area contributed by atoms with Crippen LogP contribution in [0.15, 0.2) is 22.7 Å². The van der Waals surface area contributed by atoms with Crippen molar-refractivity contribution in [2.75, 3.05) is 18.0 Å². The van der Waals surface area contributed by atoms with Crippen LogP contribution in [0.2, 0.25) is 0 Å². The third-order valence-corrected chi connectivity index (χ3v) is 3.56. The van der Waals surface area contributed by atoms with E-state index in [1.165, 1.54) is 25.7 Å². The largest absolute Gasteiger partial charge is 0.478 e. The summed E-state index contributed by atoms with van der Waals surface area (Å²) in [4.78, 5) is 13.3. The molecule has 17 heavy (non-hydrogen) atoms. The van der Waals surface area contributed by atoms with Gasteiger partial charge in [0.05, 0.1) is 5.56 Å². The summed E-state index contributed by atoms with van der Waals surface area (Å²) in [6.07, 6.45) is 4.93. The van der Waals surface area contributed by atoms with Crippen LogP contribution in [0, 0.1) is 0 Å². The molecule has 1 saturated heterocycles. The van der Waals surface area contributed by atoms with Gasteiger partial charge in [0.25, 0.3) is 0 Å². The molecule has 0 saturated carbocycles. The van der Waals surface area contributed by atoms with E-state index in [-0.39, 0.29) is 0 Å². The van der Waals surface area contributed by atoms with Crippen LogP contribution in [0.25, 0.3) is 0 Å². The summed E-state index contributed by atoms with van der Waals surface area (Å²) >= 11 is 3.38. The van der Waals surface area contributed by atoms with Gasteiger partial charge in [-0.2, -0.15) is 0 Å². The van der Waals surface area contributed by atoms with Crippen molar-refractivity contribution in [1.82, 2.24) is 0 Å². The van der Waals surface area contributed by atoms with Crippen molar-refractivity contribution in [2.24, 2.45) is 0 Å². The van der Waals surface area contributed by atoms with Crippen molar-refractivity contribution in [3.8, 4) is 0 Å². The van der Waals surface area contributed by atoms with Crippen molar-refractivity contribution in [3.63, 3.8) is 0 Å². The topological polar surface area (TPSA) is 40.5 Å². The first-order chi connectivity index (χ1) is 8.16. The highest BCUT2D eigenvalue weighted by Crippen LogP contribution is 2.25. The van der Waals surface area contributed by atoms with Gasteiger partial charge in [-0.3, -0.25) is 0 Å². The molecule has 0 amide bonds. The van der Waals surface area contributed by atoms with E-state index in [1.807, 2.05) is 6.07 Å². The van der Waals surface area contributed by atoms with Crippen LogP contribution in [0.3, 0.4) is 0 Å². The van der Waals surface area contributed by atoms with Crippen LogP contribution in [0.4, 0.5) is 5.69 Å². The highest BCUT2D eigenvalue weighted by atomic mass is 79.9. The molecule has 1 heterocycles. The second kappa shape index (κ2) is 5.54. The number of carbonyl (C=O) groups is 1. The standard InChI is InChI=1S/C13H16BrNO2/c14-11-7-10(13(16)17)8-12(9-11)15-5-3-1-2-4-6-15/h7-9H,1-6H2,(H,16,17). The molecule has 0 atom stereocenters. The van der Waals surface area contributed by atoms with Crippen LogP contribution in [0.1, 0.15) is 36.0 Å². The molecule has 0 aromatic heterocycles. The SMILES string of the molecule is O=C(O)c1cc(Br)cc(N2CCCCCC2)c1. The lowest BCUT2D eigenvalue weighted by Crippen LogP contribution is -2.24. The molecule has 1 aliphatic rings. The summed E-state index contributed by atoms with van der Waals surface area (Å²) in [5.74, 6) is -0.873. The summed E-state index contributed by atoms with van der Waals surface area (Å²) < 4.78 is 0.830. The number of benzene rings is 1. The van der Waals surface area contributed by atoms with E-state index in [2.05, 4.69) is 20.8 Å². The molecule has 4 heteroatoms. The fourth-order valence-electron chi connectivity index (χ4n) is 2.21. The maximum Gasteiger partial charge on any atom is 0.335 e. The molecule has 0 bridgehead atoms. The summed E-state index contributed by atoms with van der Waals surface area (Å²) in [6, 6.07) is 5.40. The predicted molar refractivity (Wildman–Crippen MR) is 71.8 cm³/mol. The molecule has 1 aromatic rings. The van der Waals surface area contributed by atoms with Gasteiger partial charge >= 0.3 is 5.97 Å². The molecule has 2 rings (SSSR count). The van der Waals surface area contributed by atoms with Crippen molar-refractivity contribution in [3.05, 3.63) is 28.2 Å². The Labute approximate surface area is 110 Å². The molecular formula is C13H16BrNO2. The number of hydrogen-bond acceptors (Lipinski definition) is 2. The smallest absolute Gasteiger partial charge is 0.335 e. The number of nitrogens with zero attached hydrogens (tertiary/aromatic N) is 1. The highest BCUT2D eigenvalue weighted by Gasteiger charge is 2.13. The third kappa shape index (κ3) is 3.22. The first kappa shape index (κ1) is 12.4. The van der Waals surface area contributed by atoms with Gasteiger partial charge in [0.15, 0.2) is 0 Å². The maximum absolute atomic E-state index is 11.0. The number of carboxylic acid groups (broad SMARTS) is 1. The number of aromatic carboxylic acids is 1. The summed E-state index contributed by atoms with van der Waals surface area (Å²) in [5.41, 5.74) is 1.36. The Morgan fingerprint density at radius 2 is 1.76 bits per heavy atom. The Balaban J connectivity index is 2.27. The Morgan fingerprint density at radius 1 is 1.12 bits per heavy atom. The monoisotopic (exact) mass is 297 g/mol. The van der Waals surface area contributed by atoms with Gasteiger partial charge in [-0.15, -0.1) is 0 Å². The van der Waals surface area contributed by atoms with E-state index in [1.54, 1.807) is 12.1 Å². The van der Waals surface area contributed by atoms with Gasteiger partial charge in [-0.05, 0) is 31.0 Å². The molecule has 1 aromatic carbocycles. The zero-order valence-corrected chi connectivity index (χ0v) is 11.2. The summed E-state index contributed by atoms with van der Waals surface area (Å²) in [7, 11) is 0. The fraction of sp³-hybridized carbons (Fsp3) is 0.462. The van der Waals surface area contributed by atoms with E-state index in [9.17, 15) is 4.79 Å². The Kier molecular flexibility index (Phi) is 4.05. The van der Waals surface area contributed by atoms with E-state index < -0.39 is 5.97 Å². The minimum atomic E-state index is -0.873. The molecule has 1 fully saturated rings. The maximum atomic E-state index is 11.0. The molecule has 3 nitrogen and oxygen atoms in total. The van der Waals surface area contributed by atoms with E-state index in [0.29, 0.717) is 5.56 Å². The first-order valence-electron chi connectivity index (χ1n) is 5.95. The van der Waals surface area contributed by atoms with Gasteiger partial charge in [0, 0.05) is 23.2 Å². The summed E-state index contributed by atoms with van der Waals surface area (Å²) in [6.45, 7) is 2.05. The number of hydrogen-bond donors (Lipinski definition) is 1. The molecular weight excluding hydrogens is 282 g/mol. The minimum absolute atomic E-state index is 0.346. The highest BCUT2D eigenvalue weighted by molar-refractivity contribution is 9.10. The number of anilines is 1. The fourth-order valence-corrected chi connectivity index (χ4v) is 2.69. The molecule has 0 aliphatic carbocycles. The molecule has 0 radical (unpaired) electrons. The Bertz CT molecular complexity index is 412. The van der Waals surface area contributed by atoms with Crippen LogP contribution in [-0.2, 0) is 0 Å². The van der Waals surface area contributed by atoms with Crippen molar-refractivity contribution < 1.29 is 9.90 Å². The van der Waals surface area contributed by atoms with Crippen LogP contribution in [-0.4, -0.2) is 24.2 Å². The van der Waals surface area contributed by atoms with Crippen molar-refractivity contribution >= 4 is 27.6 Å². The van der Waals surface area contributed by atoms with Crippen molar-refractivity contribution in [1.29, 1.82) is 0 Å². The van der Waals surface area contributed by atoms with Crippen LogP contribution < -0.4 is 4.90 Å². The zero-order chi connectivity index (χ0) is 12.3. The zero-order valence-electron chi connectivity index (χ0n) is 9.66. The lowest BCUT2D eigenvalue weighted by Gasteiger charge is -2.23. The number of rotatable bonds is 2. The first-order valence-corrected chi connectivity index (χ1v) is 6.75. The van der Waals surface area contributed by atoms with Gasteiger partial charge < -0.3 is 10.0 Å². The normalized spacial score (nSPS) is 16.6.